The molecule has 1 aromatic rings. The number of nitriles is 1. The Morgan fingerprint density at radius 2 is 1.74 bits per heavy atom. The molecule has 0 atom stereocenters. The maximum absolute atomic E-state index is 12.1. The van der Waals surface area contributed by atoms with Gasteiger partial charge in [-0.1, -0.05) is 26.0 Å². The minimum Gasteiger partial charge on any atom is -0.343 e. The lowest BCUT2D eigenvalue weighted by Crippen LogP contribution is -2.32. The molecule has 0 spiro atoms. The van der Waals surface area contributed by atoms with Crippen molar-refractivity contribution in [1.82, 2.24) is 4.90 Å². The maximum Gasteiger partial charge on any atom is 0.222 e. The molecule has 0 heterocycles. The van der Waals surface area contributed by atoms with Gasteiger partial charge in [-0.25, -0.2) is 0 Å². The standard InChI is InChI=1S/C16H22N2O/c1-3-11-18(12-4-2)16(19)10-9-14-5-7-15(13-17)8-6-14/h5-8H,3-4,9-12H2,1-2H3. The van der Waals surface area contributed by atoms with E-state index in [1.165, 1.54) is 0 Å². The first-order valence-electron chi connectivity index (χ1n) is 6.98. The molecule has 102 valence electrons. The van der Waals surface area contributed by atoms with E-state index in [0.717, 1.165) is 37.9 Å². The summed E-state index contributed by atoms with van der Waals surface area (Å²) in [5.74, 6) is 0.230. The first-order chi connectivity index (χ1) is 9.21. The van der Waals surface area contributed by atoms with Crippen LogP contribution < -0.4 is 0 Å². The highest BCUT2D eigenvalue weighted by Gasteiger charge is 2.11. The van der Waals surface area contributed by atoms with Gasteiger partial charge in [-0.05, 0) is 37.0 Å². The molecule has 0 aliphatic rings. The summed E-state index contributed by atoms with van der Waals surface area (Å²) >= 11 is 0. The van der Waals surface area contributed by atoms with Crippen molar-refractivity contribution in [2.24, 2.45) is 0 Å². The summed E-state index contributed by atoms with van der Waals surface area (Å²) < 4.78 is 0. The molecule has 0 fully saturated rings. The fraction of sp³-hybridized carbons (Fsp3) is 0.500. The third-order valence-electron chi connectivity index (χ3n) is 3.05. The lowest BCUT2D eigenvalue weighted by atomic mass is 10.1. The van der Waals surface area contributed by atoms with E-state index in [9.17, 15) is 4.79 Å². The van der Waals surface area contributed by atoms with Crippen molar-refractivity contribution in [3.05, 3.63) is 35.4 Å². The smallest absolute Gasteiger partial charge is 0.222 e. The number of carbonyl (C=O) groups excluding carboxylic acids is 1. The maximum atomic E-state index is 12.1. The SMILES string of the molecule is CCCN(CCC)C(=O)CCc1ccc(C#N)cc1. The number of aryl methyl sites for hydroxylation is 1. The summed E-state index contributed by atoms with van der Waals surface area (Å²) in [5.41, 5.74) is 1.77. The number of amides is 1. The van der Waals surface area contributed by atoms with E-state index in [1.54, 1.807) is 12.1 Å². The lowest BCUT2D eigenvalue weighted by Gasteiger charge is -2.21. The molecule has 1 rings (SSSR count). The van der Waals surface area contributed by atoms with Crippen LogP contribution in [0, 0.1) is 11.3 Å². The van der Waals surface area contributed by atoms with Crippen LogP contribution in [0.4, 0.5) is 0 Å². The van der Waals surface area contributed by atoms with Crippen LogP contribution in [0.15, 0.2) is 24.3 Å². The summed E-state index contributed by atoms with van der Waals surface area (Å²) in [6.07, 6.45) is 3.30. The highest BCUT2D eigenvalue weighted by Crippen LogP contribution is 2.08. The molecule has 0 saturated carbocycles. The normalized spacial score (nSPS) is 9.95. The van der Waals surface area contributed by atoms with E-state index in [-0.39, 0.29) is 5.91 Å². The monoisotopic (exact) mass is 258 g/mol. The summed E-state index contributed by atoms with van der Waals surface area (Å²) in [5, 5.41) is 8.73. The Hall–Kier alpha value is -1.82. The molecule has 19 heavy (non-hydrogen) atoms. The molecule has 3 nitrogen and oxygen atoms in total. The van der Waals surface area contributed by atoms with E-state index < -0.39 is 0 Å². The van der Waals surface area contributed by atoms with Crippen LogP contribution in [0.5, 0.6) is 0 Å². The second-order valence-corrected chi connectivity index (χ2v) is 4.69. The molecule has 0 radical (unpaired) electrons. The van der Waals surface area contributed by atoms with Gasteiger partial charge in [0.25, 0.3) is 0 Å². The first-order valence-corrected chi connectivity index (χ1v) is 6.98. The van der Waals surface area contributed by atoms with Crippen LogP contribution in [0.2, 0.25) is 0 Å². The van der Waals surface area contributed by atoms with Gasteiger partial charge in [-0.2, -0.15) is 5.26 Å². The Morgan fingerprint density at radius 1 is 1.16 bits per heavy atom. The summed E-state index contributed by atoms with van der Waals surface area (Å²) in [6, 6.07) is 9.55. The molecule has 0 saturated heterocycles. The number of carbonyl (C=O) groups is 1. The topological polar surface area (TPSA) is 44.1 Å². The van der Waals surface area contributed by atoms with Gasteiger partial charge in [0.15, 0.2) is 0 Å². The number of hydrogen-bond acceptors (Lipinski definition) is 2. The Morgan fingerprint density at radius 3 is 2.21 bits per heavy atom. The predicted molar refractivity (Wildman–Crippen MR) is 76.6 cm³/mol. The highest BCUT2D eigenvalue weighted by atomic mass is 16.2. The van der Waals surface area contributed by atoms with Crippen LogP contribution in [-0.2, 0) is 11.2 Å². The van der Waals surface area contributed by atoms with Crippen molar-refractivity contribution in [1.29, 1.82) is 5.26 Å². The zero-order valence-electron chi connectivity index (χ0n) is 11.9. The molecule has 0 unspecified atom stereocenters. The van der Waals surface area contributed by atoms with E-state index >= 15 is 0 Å². The van der Waals surface area contributed by atoms with E-state index in [4.69, 9.17) is 5.26 Å². The fourth-order valence-corrected chi connectivity index (χ4v) is 2.06. The van der Waals surface area contributed by atoms with E-state index in [2.05, 4.69) is 19.9 Å². The van der Waals surface area contributed by atoms with Crippen molar-refractivity contribution in [2.75, 3.05) is 13.1 Å². The molecule has 3 heteroatoms. The Labute approximate surface area is 115 Å². The molecule has 1 amide bonds. The predicted octanol–water partition coefficient (Wildman–Crippen LogP) is 3.14. The van der Waals surface area contributed by atoms with Crippen LogP contribution in [-0.4, -0.2) is 23.9 Å². The second kappa shape index (κ2) is 8.31. The van der Waals surface area contributed by atoms with Gasteiger partial charge in [-0.15, -0.1) is 0 Å². The minimum absolute atomic E-state index is 0.230. The van der Waals surface area contributed by atoms with Gasteiger partial charge in [0.2, 0.25) is 5.91 Å². The largest absolute Gasteiger partial charge is 0.343 e. The van der Waals surface area contributed by atoms with Crippen molar-refractivity contribution in [2.45, 2.75) is 39.5 Å². The second-order valence-electron chi connectivity index (χ2n) is 4.69. The van der Waals surface area contributed by atoms with Gasteiger partial charge >= 0.3 is 0 Å². The van der Waals surface area contributed by atoms with Crippen LogP contribution in [0.25, 0.3) is 0 Å². The Bertz CT molecular complexity index is 425. The van der Waals surface area contributed by atoms with Crippen molar-refractivity contribution >= 4 is 5.91 Å². The van der Waals surface area contributed by atoms with Crippen molar-refractivity contribution in [3.8, 4) is 6.07 Å². The average Bonchev–Trinajstić information content (AvgIpc) is 2.45. The number of nitrogens with zero attached hydrogens (tertiary/aromatic N) is 2. The third-order valence-corrected chi connectivity index (χ3v) is 3.05. The van der Waals surface area contributed by atoms with Gasteiger partial charge in [-0.3, -0.25) is 4.79 Å². The van der Waals surface area contributed by atoms with Crippen LogP contribution >= 0.6 is 0 Å². The van der Waals surface area contributed by atoms with Crippen LogP contribution in [0.1, 0.15) is 44.2 Å². The molecule has 0 aliphatic heterocycles. The molecule has 0 aliphatic carbocycles. The zero-order valence-corrected chi connectivity index (χ0v) is 11.9. The number of hydrogen-bond donors (Lipinski definition) is 0. The molecular weight excluding hydrogens is 236 g/mol. The van der Waals surface area contributed by atoms with Crippen molar-refractivity contribution < 1.29 is 4.79 Å². The zero-order chi connectivity index (χ0) is 14.1. The number of benzene rings is 1. The highest BCUT2D eigenvalue weighted by molar-refractivity contribution is 5.76. The fourth-order valence-electron chi connectivity index (χ4n) is 2.06. The molecule has 0 bridgehead atoms. The van der Waals surface area contributed by atoms with E-state index in [0.29, 0.717) is 12.0 Å². The van der Waals surface area contributed by atoms with Gasteiger partial charge in [0, 0.05) is 19.5 Å². The van der Waals surface area contributed by atoms with Crippen molar-refractivity contribution in [3.63, 3.8) is 0 Å². The minimum atomic E-state index is 0.230. The molecule has 0 N–H and O–H groups in total. The molecular formula is C16H22N2O. The Kier molecular flexibility index (Phi) is 6.67. The summed E-state index contributed by atoms with van der Waals surface area (Å²) in [6.45, 7) is 5.88. The summed E-state index contributed by atoms with van der Waals surface area (Å²) in [4.78, 5) is 14.0. The summed E-state index contributed by atoms with van der Waals surface area (Å²) in [7, 11) is 0. The quantitative estimate of drug-likeness (QED) is 0.754. The van der Waals surface area contributed by atoms with Gasteiger partial charge in [0.05, 0.1) is 11.6 Å². The van der Waals surface area contributed by atoms with Crippen LogP contribution in [0.3, 0.4) is 0 Å². The lowest BCUT2D eigenvalue weighted by molar-refractivity contribution is -0.131. The molecule has 1 aromatic carbocycles. The van der Waals surface area contributed by atoms with E-state index in [1.807, 2.05) is 17.0 Å². The molecule has 0 aromatic heterocycles. The first kappa shape index (κ1) is 15.2. The van der Waals surface area contributed by atoms with Gasteiger partial charge in [0.1, 0.15) is 0 Å². The average molecular weight is 258 g/mol. The van der Waals surface area contributed by atoms with Gasteiger partial charge < -0.3 is 4.90 Å². The number of rotatable bonds is 7. The third kappa shape index (κ3) is 5.13. The Balaban J connectivity index is 2.49.